The Morgan fingerprint density at radius 2 is 1.95 bits per heavy atom. The van der Waals surface area contributed by atoms with Gasteiger partial charge in [0, 0.05) is 6.54 Å². The minimum atomic E-state index is -0.320. The van der Waals surface area contributed by atoms with E-state index in [2.05, 4.69) is 11.4 Å². The summed E-state index contributed by atoms with van der Waals surface area (Å²) in [7, 11) is 1.65. The minimum Gasteiger partial charge on any atom is -0.496 e. The summed E-state index contributed by atoms with van der Waals surface area (Å²) in [5, 5.41) is 12.6. The van der Waals surface area contributed by atoms with Crippen LogP contribution in [0, 0.1) is 18.3 Å². The van der Waals surface area contributed by atoms with Gasteiger partial charge in [-0.25, -0.2) is 0 Å². The second-order valence-corrected chi connectivity index (χ2v) is 4.66. The summed E-state index contributed by atoms with van der Waals surface area (Å²) in [6.45, 7) is 2.65. The standard InChI is InChI=1S/C17H18N2O/c1-13-10-15(8-9-17(13)20-2)16(11-18)19-12-14-6-4-3-5-7-14/h3-10,16,19H,12H2,1-2H3. The highest BCUT2D eigenvalue weighted by atomic mass is 16.5. The lowest BCUT2D eigenvalue weighted by atomic mass is 10.0. The Morgan fingerprint density at radius 3 is 2.55 bits per heavy atom. The number of hydrogen-bond acceptors (Lipinski definition) is 3. The topological polar surface area (TPSA) is 45.0 Å². The fourth-order valence-corrected chi connectivity index (χ4v) is 2.13. The Kier molecular flexibility index (Phi) is 4.75. The zero-order valence-corrected chi connectivity index (χ0v) is 11.8. The van der Waals surface area contributed by atoms with Gasteiger partial charge in [-0.2, -0.15) is 5.26 Å². The van der Waals surface area contributed by atoms with Crippen LogP contribution in [-0.2, 0) is 6.54 Å². The highest BCUT2D eigenvalue weighted by molar-refractivity contribution is 5.38. The van der Waals surface area contributed by atoms with Crippen molar-refractivity contribution in [1.29, 1.82) is 5.26 Å². The predicted octanol–water partition coefficient (Wildman–Crippen LogP) is 3.36. The number of methoxy groups -OCH3 is 1. The quantitative estimate of drug-likeness (QED) is 0.902. The van der Waals surface area contributed by atoms with Gasteiger partial charge in [-0.15, -0.1) is 0 Å². The van der Waals surface area contributed by atoms with Gasteiger partial charge in [0.2, 0.25) is 0 Å². The Bertz CT molecular complexity index is 602. The molecule has 2 rings (SSSR count). The molecular formula is C17H18N2O. The van der Waals surface area contributed by atoms with Crippen molar-refractivity contribution in [2.75, 3.05) is 7.11 Å². The number of nitrogens with one attached hydrogen (secondary N) is 1. The summed E-state index contributed by atoms with van der Waals surface area (Å²) in [5.74, 6) is 0.841. The van der Waals surface area contributed by atoms with Crippen molar-refractivity contribution in [2.45, 2.75) is 19.5 Å². The molecule has 0 saturated carbocycles. The van der Waals surface area contributed by atoms with E-state index in [1.807, 2.05) is 55.5 Å². The molecule has 2 aromatic carbocycles. The van der Waals surface area contributed by atoms with E-state index in [1.54, 1.807) is 7.11 Å². The monoisotopic (exact) mass is 266 g/mol. The van der Waals surface area contributed by atoms with Crippen LogP contribution in [-0.4, -0.2) is 7.11 Å². The lowest BCUT2D eigenvalue weighted by molar-refractivity contribution is 0.411. The molecule has 0 aliphatic heterocycles. The predicted molar refractivity (Wildman–Crippen MR) is 79.4 cm³/mol. The molecule has 0 amide bonds. The van der Waals surface area contributed by atoms with Crippen LogP contribution in [0.25, 0.3) is 0 Å². The van der Waals surface area contributed by atoms with Crippen molar-refractivity contribution in [3.05, 3.63) is 65.2 Å². The number of aryl methyl sites for hydroxylation is 1. The molecule has 0 bridgehead atoms. The van der Waals surface area contributed by atoms with Crippen molar-refractivity contribution in [3.63, 3.8) is 0 Å². The second kappa shape index (κ2) is 6.74. The molecule has 0 aliphatic rings. The first-order valence-corrected chi connectivity index (χ1v) is 6.56. The lowest BCUT2D eigenvalue weighted by Gasteiger charge is -2.14. The van der Waals surface area contributed by atoms with Gasteiger partial charge in [-0.1, -0.05) is 36.4 Å². The third-order valence-electron chi connectivity index (χ3n) is 3.23. The molecule has 20 heavy (non-hydrogen) atoms. The second-order valence-electron chi connectivity index (χ2n) is 4.66. The molecule has 0 aromatic heterocycles. The van der Waals surface area contributed by atoms with Crippen molar-refractivity contribution in [3.8, 4) is 11.8 Å². The Labute approximate surface area is 119 Å². The van der Waals surface area contributed by atoms with Crippen LogP contribution in [0.3, 0.4) is 0 Å². The van der Waals surface area contributed by atoms with Crippen molar-refractivity contribution >= 4 is 0 Å². The zero-order chi connectivity index (χ0) is 14.4. The minimum absolute atomic E-state index is 0.320. The Balaban J connectivity index is 2.09. The van der Waals surface area contributed by atoms with Gasteiger partial charge in [-0.05, 0) is 35.7 Å². The molecule has 0 radical (unpaired) electrons. The zero-order valence-electron chi connectivity index (χ0n) is 11.8. The largest absolute Gasteiger partial charge is 0.496 e. The maximum Gasteiger partial charge on any atom is 0.121 e. The molecular weight excluding hydrogens is 248 g/mol. The molecule has 0 spiro atoms. The molecule has 0 fully saturated rings. The summed E-state index contributed by atoms with van der Waals surface area (Å²) in [6, 6.07) is 17.9. The van der Waals surface area contributed by atoms with Crippen LogP contribution in [0.15, 0.2) is 48.5 Å². The van der Waals surface area contributed by atoms with E-state index in [-0.39, 0.29) is 6.04 Å². The Morgan fingerprint density at radius 1 is 1.20 bits per heavy atom. The maximum atomic E-state index is 9.33. The smallest absolute Gasteiger partial charge is 0.121 e. The van der Waals surface area contributed by atoms with Crippen LogP contribution < -0.4 is 10.1 Å². The van der Waals surface area contributed by atoms with Crippen LogP contribution in [0.4, 0.5) is 0 Å². The number of nitrogens with zero attached hydrogens (tertiary/aromatic N) is 1. The normalized spacial score (nSPS) is 11.7. The maximum absolute atomic E-state index is 9.33. The van der Waals surface area contributed by atoms with E-state index in [1.165, 1.54) is 0 Å². The van der Waals surface area contributed by atoms with Crippen LogP contribution in [0.1, 0.15) is 22.7 Å². The summed E-state index contributed by atoms with van der Waals surface area (Å²) in [5.41, 5.74) is 3.16. The summed E-state index contributed by atoms with van der Waals surface area (Å²) in [4.78, 5) is 0. The molecule has 0 saturated heterocycles. The summed E-state index contributed by atoms with van der Waals surface area (Å²) < 4.78 is 5.24. The number of rotatable bonds is 5. The average molecular weight is 266 g/mol. The molecule has 102 valence electrons. The summed E-state index contributed by atoms with van der Waals surface area (Å²) in [6.07, 6.45) is 0. The molecule has 0 heterocycles. The van der Waals surface area contributed by atoms with Gasteiger partial charge in [0.15, 0.2) is 0 Å². The van der Waals surface area contributed by atoms with Gasteiger partial charge in [0.1, 0.15) is 11.8 Å². The van der Waals surface area contributed by atoms with Gasteiger partial charge in [0.25, 0.3) is 0 Å². The van der Waals surface area contributed by atoms with Crippen molar-refractivity contribution in [1.82, 2.24) is 5.32 Å². The molecule has 1 atom stereocenters. The molecule has 1 unspecified atom stereocenters. The third kappa shape index (κ3) is 3.37. The van der Waals surface area contributed by atoms with E-state index in [0.29, 0.717) is 6.54 Å². The first kappa shape index (κ1) is 14.1. The SMILES string of the molecule is COc1ccc(C(C#N)NCc2ccccc2)cc1C. The highest BCUT2D eigenvalue weighted by Gasteiger charge is 2.11. The van der Waals surface area contributed by atoms with Gasteiger partial charge < -0.3 is 4.74 Å². The van der Waals surface area contributed by atoms with Crippen LogP contribution in [0.2, 0.25) is 0 Å². The van der Waals surface area contributed by atoms with Crippen molar-refractivity contribution in [2.24, 2.45) is 0 Å². The highest BCUT2D eigenvalue weighted by Crippen LogP contribution is 2.22. The van der Waals surface area contributed by atoms with E-state index < -0.39 is 0 Å². The lowest BCUT2D eigenvalue weighted by Crippen LogP contribution is -2.19. The number of hydrogen-bond donors (Lipinski definition) is 1. The van der Waals surface area contributed by atoms with Gasteiger partial charge in [0.05, 0.1) is 13.2 Å². The van der Waals surface area contributed by atoms with E-state index in [4.69, 9.17) is 4.74 Å². The van der Waals surface area contributed by atoms with Crippen molar-refractivity contribution < 1.29 is 4.74 Å². The molecule has 2 aromatic rings. The van der Waals surface area contributed by atoms with E-state index in [9.17, 15) is 5.26 Å². The van der Waals surface area contributed by atoms with Crippen LogP contribution in [0.5, 0.6) is 5.75 Å². The fraction of sp³-hybridized carbons (Fsp3) is 0.235. The van der Waals surface area contributed by atoms with E-state index >= 15 is 0 Å². The van der Waals surface area contributed by atoms with Gasteiger partial charge >= 0.3 is 0 Å². The first-order chi connectivity index (χ1) is 9.74. The third-order valence-corrected chi connectivity index (χ3v) is 3.23. The number of ether oxygens (including phenoxy) is 1. The number of benzene rings is 2. The molecule has 0 aliphatic carbocycles. The first-order valence-electron chi connectivity index (χ1n) is 6.56. The van der Waals surface area contributed by atoms with E-state index in [0.717, 1.165) is 22.4 Å². The Hall–Kier alpha value is -2.31. The molecule has 1 N–H and O–H groups in total. The molecule has 3 nitrogen and oxygen atoms in total. The summed E-state index contributed by atoms with van der Waals surface area (Å²) >= 11 is 0. The fourth-order valence-electron chi connectivity index (χ4n) is 2.13. The van der Waals surface area contributed by atoms with Crippen LogP contribution >= 0.6 is 0 Å². The average Bonchev–Trinajstić information content (AvgIpc) is 2.49. The number of nitriles is 1. The van der Waals surface area contributed by atoms with Gasteiger partial charge in [-0.3, -0.25) is 5.32 Å². The molecule has 3 heteroatoms.